The summed E-state index contributed by atoms with van der Waals surface area (Å²) in [6.07, 6.45) is 2.76. The lowest BCUT2D eigenvalue weighted by Gasteiger charge is -2.18. The Bertz CT molecular complexity index is 889. The topological polar surface area (TPSA) is 73.9 Å². The van der Waals surface area contributed by atoms with Crippen molar-refractivity contribution in [1.29, 1.82) is 0 Å². The molecule has 0 fully saturated rings. The van der Waals surface area contributed by atoms with Gasteiger partial charge in [-0.25, -0.2) is 4.79 Å². The van der Waals surface area contributed by atoms with Crippen LogP contribution in [0.5, 0.6) is 11.5 Å². The number of methoxy groups -OCH3 is 2. The molecule has 0 spiro atoms. The van der Waals surface area contributed by atoms with Crippen LogP contribution in [-0.2, 0) is 17.6 Å². The molecule has 1 atom stereocenters. The smallest absolute Gasteiger partial charge is 0.341 e. The van der Waals surface area contributed by atoms with E-state index in [2.05, 4.69) is 12.2 Å². The van der Waals surface area contributed by atoms with Gasteiger partial charge in [-0.15, -0.1) is 11.3 Å². The minimum atomic E-state index is -0.383. The molecule has 0 saturated carbocycles. The van der Waals surface area contributed by atoms with E-state index < -0.39 is 0 Å². The van der Waals surface area contributed by atoms with Crippen LogP contribution in [0.1, 0.15) is 51.4 Å². The highest BCUT2D eigenvalue weighted by atomic mass is 32.1. The number of hydrogen-bond donors (Lipinski definition) is 1. The zero-order chi connectivity index (χ0) is 20.3. The van der Waals surface area contributed by atoms with E-state index in [4.69, 9.17) is 14.2 Å². The number of fused-ring (bicyclic) bond motifs is 1. The first-order valence-electron chi connectivity index (χ1n) is 9.33. The van der Waals surface area contributed by atoms with Gasteiger partial charge < -0.3 is 19.5 Å². The van der Waals surface area contributed by atoms with Crippen molar-refractivity contribution in [2.45, 2.75) is 33.1 Å². The lowest BCUT2D eigenvalue weighted by Crippen LogP contribution is -2.17. The molecule has 28 heavy (non-hydrogen) atoms. The van der Waals surface area contributed by atoms with Gasteiger partial charge in [0, 0.05) is 10.9 Å². The van der Waals surface area contributed by atoms with Crippen molar-refractivity contribution >= 4 is 28.2 Å². The molecule has 1 aliphatic carbocycles. The number of benzene rings is 1. The number of amides is 1. The van der Waals surface area contributed by atoms with Gasteiger partial charge >= 0.3 is 5.97 Å². The third kappa shape index (κ3) is 3.99. The minimum Gasteiger partial charge on any atom is -0.497 e. The largest absolute Gasteiger partial charge is 0.497 e. The fourth-order valence-electron chi connectivity index (χ4n) is 3.41. The summed E-state index contributed by atoms with van der Waals surface area (Å²) in [5.74, 6) is 0.848. The van der Waals surface area contributed by atoms with Crippen molar-refractivity contribution < 1.29 is 23.8 Å². The summed E-state index contributed by atoms with van der Waals surface area (Å²) in [6, 6.07) is 5.00. The average molecular weight is 404 g/mol. The predicted molar refractivity (Wildman–Crippen MR) is 109 cm³/mol. The van der Waals surface area contributed by atoms with Gasteiger partial charge in [-0.05, 0) is 49.8 Å². The van der Waals surface area contributed by atoms with Crippen molar-refractivity contribution in [3.05, 3.63) is 39.8 Å². The number of rotatable bonds is 6. The Balaban J connectivity index is 1.95. The standard InChI is InChI=1S/C21H25NO5S/c1-5-27-21(24)18-15-8-6-12(2)10-17(15)28-20(18)22-19(23)14-9-7-13(25-3)11-16(14)26-4/h7,9,11-12H,5-6,8,10H2,1-4H3,(H,22,23)/t12-/m1/s1. The van der Waals surface area contributed by atoms with Gasteiger partial charge in [0.05, 0.1) is 32.0 Å². The molecule has 7 heteroatoms. The van der Waals surface area contributed by atoms with Crippen LogP contribution in [0.15, 0.2) is 18.2 Å². The van der Waals surface area contributed by atoms with E-state index >= 15 is 0 Å². The first-order valence-corrected chi connectivity index (χ1v) is 10.1. The molecule has 1 N–H and O–H groups in total. The van der Waals surface area contributed by atoms with Gasteiger partial charge in [-0.3, -0.25) is 4.79 Å². The molecule has 150 valence electrons. The van der Waals surface area contributed by atoms with Crippen LogP contribution in [0, 0.1) is 5.92 Å². The van der Waals surface area contributed by atoms with Crippen LogP contribution in [0.3, 0.4) is 0 Å². The maximum atomic E-state index is 12.9. The molecular weight excluding hydrogens is 378 g/mol. The fraction of sp³-hybridized carbons (Fsp3) is 0.429. The number of nitrogens with one attached hydrogen (secondary N) is 1. The summed E-state index contributed by atoms with van der Waals surface area (Å²) in [7, 11) is 3.05. The highest BCUT2D eigenvalue weighted by Gasteiger charge is 2.29. The van der Waals surface area contributed by atoms with E-state index in [1.54, 1.807) is 32.2 Å². The molecule has 0 unspecified atom stereocenters. The molecule has 0 bridgehead atoms. The average Bonchev–Trinajstić information content (AvgIpc) is 3.04. The molecular formula is C21H25NO5S. The Labute approximate surface area is 168 Å². The van der Waals surface area contributed by atoms with E-state index in [1.807, 2.05) is 0 Å². The first kappa shape index (κ1) is 20.2. The Morgan fingerprint density at radius 2 is 2.04 bits per heavy atom. The van der Waals surface area contributed by atoms with Gasteiger partial charge in [0.15, 0.2) is 0 Å². The van der Waals surface area contributed by atoms with Crippen LogP contribution in [-0.4, -0.2) is 32.7 Å². The summed E-state index contributed by atoms with van der Waals surface area (Å²) in [6.45, 7) is 4.27. The highest BCUT2D eigenvalue weighted by molar-refractivity contribution is 7.17. The molecule has 0 aliphatic heterocycles. The third-order valence-corrected chi connectivity index (χ3v) is 6.04. The lowest BCUT2D eigenvalue weighted by atomic mass is 9.88. The summed E-state index contributed by atoms with van der Waals surface area (Å²) in [4.78, 5) is 26.7. The van der Waals surface area contributed by atoms with E-state index in [-0.39, 0.29) is 11.9 Å². The van der Waals surface area contributed by atoms with Crippen molar-refractivity contribution in [2.24, 2.45) is 5.92 Å². The molecule has 3 rings (SSSR count). The molecule has 6 nitrogen and oxygen atoms in total. The molecule has 0 radical (unpaired) electrons. The predicted octanol–water partition coefficient (Wildman–Crippen LogP) is 4.32. The number of carbonyl (C=O) groups is 2. The number of ether oxygens (including phenoxy) is 3. The van der Waals surface area contributed by atoms with Gasteiger partial charge in [0.2, 0.25) is 0 Å². The highest BCUT2D eigenvalue weighted by Crippen LogP contribution is 2.40. The van der Waals surface area contributed by atoms with E-state index in [9.17, 15) is 9.59 Å². The maximum absolute atomic E-state index is 12.9. The number of hydrogen-bond acceptors (Lipinski definition) is 6. The first-order chi connectivity index (χ1) is 13.5. The van der Waals surface area contributed by atoms with Crippen LogP contribution in [0.4, 0.5) is 5.00 Å². The molecule has 1 heterocycles. The molecule has 0 saturated heterocycles. The third-order valence-electron chi connectivity index (χ3n) is 4.87. The van der Waals surface area contributed by atoms with Crippen LogP contribution in [0.25, 0.3) is 0 Å². The Kier molecular flexibility index (Phi) is 6.24. The van der Waals surface area contributed by atoms with Gasteiger partial charge in [0.1, 0.15) is 16.5 Å². The van der Waals surface area contributed by atoms with E-state index in [0.717, 1.165) is 29.7 Å². The molecule has 1 aromatic carbocycles. The SMILES string of the molecule is CCOC(=O)c1c(NC(=O)c2ccc(OC)cc2OC)sc2c1CC[C@@H](C)C2. The van der Waals surface area contributed by atoms with Crippen LogP contribution in [0.2, 0.25) is 0 Å². The molecule has 1 amide bonds. The maximum Gasteiger partial charge on any atom is 0.341 e. The van der Waals surface area contributed by atoms with Crippen molar-refractivity contribution in [2.75, 3.05) is 26.1 Å². The zero-order valence-corrected chi connectivity index (χ0v) is 17.4. The van der Waals surface area contributed by atoms with Gasteiger partial charge in [-0.1, -0.05) is 6.92 Å². The quantitative estimate of drug-likeness (QED) is 0.727. The van der Waals surface area contributed by atoms with Gasteiger partial charge in [0.25, 0.3) is 5.91 Å². The number of thiophene rings is 1. The molecule has 1 aliphatic rings. The van der Waals surface area contributed by atoms with Crippen LogP contribution < -0.4 is 14.8 Å². The lowest BCUT2D eigenvalue weighted by molar-refractivity contribution is 0.0526. The monoisotopic (exact) mass is 403 g/mol. The van der Waals surface area contributed by atoms with Crippen molar-refractivity contribution in [1.82, 2.24) is 0 Å². The second kappa shape index (κ2) is 8.65. The van der Waals surface area contributed by atoms with Gasteiger partial charge in [-0.2, -0.15) is 0 Å². The number of esters is 1. The number of carbonyl (C=O) groups excluding carboxylic acids is 2. The second-order valence-corrected chi connectivity index (χ2v) is 7.90. The summed E-state index contributed by atoms with van der Waals surface area (Å²) < 4.78 is 15.8. The zero-order valence-electron chi connectivity index (χ0n) is 16.6. The normalized spacial score (nSPS) is 15.5. The molecule has 1 aromatic heterocycles. The minimum absolute atomic E-state index is 0.291. The number of anilines is 1. The van der Waals surface area contributed by atoms with Crippen LogP contribution >= 0.6 is 11.3 Å². The van der Waals surface area contributed by atoms with E-state index in [0.29, 0.717) is 40.2 Å². The van der Waals surface area contributed by atoms with Crippen molar-refractivity contribution in [3.63, 3.8) is 0 Å². The summed E-state index contributed by atoms with van der Waals surface area (Å²) in [5.41, 5.74) is 1.88. The van der Waals surface area contributed by atoms with E-state index in [1.165, 1.54) is 18.4 Å². The molecule has 2 aromatic rings. The fourth-order valence-corrected chi connectivity index (χ4v) is 4.81. The summed E-state index contributed by atoms with van der Waals surface area (Å²) >= 11 is 1.47. The Morgan fingerprint density at radius 3 is 2.71 bits per heavy atom. The van der Waals surface area contributed by atoms with Crippen molar-refractivity contribution in [3.8, 4) is 11.5 Å². The summed E-state index contributed by atoms with van der Waals surface area (Å²) in [5, 5.41) is 3.45. The second-order valence-electron chi connectivity index (χ2n) is 6.80. The Morgan fingerprint density at radius 1 is 1.25 bits per heavy atom. The Hall–Kier alpha value is -2.54.